The van der Waals surface area contributed by atoms with Crippen molar-refractivity contribution in [1.82, 2.24) is 9.80 Å². The molecule has 0 N–H and O–H groups in total. The molecule has 4 nitrogen and oxygen atoms in total. The molecule has 2 amide bonds. The van der Waals surface area contributed by atoms with Crippen LogP contribution in [0.1, 0.15) is 63.4 Å². The Bertz CT molecular complexity index is 675. The third kappa shape index (κ3) is 5.02. The average molecular weight is 397 g/mol. The van der Waals surface area contributed by atoms with Gasteiger partial charge in [-0.2, -0.15) is 0 Å². The minimum Gasteiger partial charge on any atom is -0.342 e. The smallest absolute Gasteiger partial charge is 0.225 e. The molecule has 1 saturated carbocycles. The van der Waals surface area contributed by atoms with Crippen LogP contribution >= 0.6 is 0 Å². The van der Waals surface area contributed by atoms with Crippen LogP contribution in [0.2, 0.25) is 0 Å². The van der Waals surface area contributed by atoms with E-state index in [9.17, 15) is 9.59 Å². The van der Waals surface area contributed by atoms with E-state index in [-0.39, 0.29) is 11.8 Å². The van der Waals surface area contributed by atoms with Crippen LogP contribution in [0, 0.1) is 17.8 Å². The summed E-state index contributed by atoms with van der Waals surface area (Å²) in [4.78, 5) is 30.3. The van der Waals surface area contributed by atoms with Gasteiger partial charge in [0.1, 0.15) is 0 Å². The monoisotopic (exact) mass is 396 g/mol. The first-order valence-electron chi connectivity index (χ1n) is 11.8. The Morgan fingerprint density at radius 3 is 2.28 bits per heavy atom. The van der Waals surface area contributed by atoms with E-state index in [4.69, 9.17) is 0 Å². The SMILES string of the molecule is O=C(C1CCCC1)N1CCC(C2CCCCN(CCc3ccccc3)C2=O)CC1. The van der Waals surface area contributed by atoms with Crippen LogP contribution in [-0.4, -0.2) is 47.8 Å². The standard InChI is InChI=1S/C25H36N2O2/c28-24(22-10-4-5-11-22)27-18-14-21(15-19-27)23-12-6-7-16-26(25(23)29)17-13-20-8-2-1-3-9-20/h1-3,8-9,21-23H,4-7,10-19H2. The Balaban J connectivity index is 1.31. The number of hydrogen-bond donors (Lipinski definition) is 0. The summed E-state index contributed by atoms with van der Waals surface area (Å²) in [6.45, 7) is 3.45. The van der Waals surface area contributed by atoms with Crippen LogP contribution in [-0.2, 0) is 16.0 Å². The Hall–Kier alpha value is -1.84. The van der Waals surface area contributed by atoms with Crippen molar-refractivity contribution in [2.24, 2.45) is 17.8 Å². The van der Waals surface area contributed by atoms with E-state index in [1.165, 1.54) is 18.4 Å². The van der Waals surface area contributed by atoms with Gasteiger partial charge in [0.2, 0.25) is 11.8 Å². The maximum Gasteiger partial charge on any atom is 0.225 e. The van der Waals surface area contributed by atoms with Crippen LogP contribution in [0.3, 0.4) is 0 Å². The van der Waals surface area contributed by atoms with E-state index in [2.05, 4.69) is 34.1 Å². The van der Waals surface area contributed by atoms with Crippen LogP contribution in [0.25, 0.3) is 0 Å². The highest BCUT2D eigenvalue weighted by Crippen LogP contribution is 2.34. The maximum absolute atomic E-state index is 13.3. The first-order chi connectivity index (χ1) is 14.2. The Kier molecular flexibility index (Phi) is 6.89. The van der Waals surface area contributed by atoms with Crippen LogP contribution in [0.4, 0.5) is 0 Å². The van der Waals surface area contributed by atoms with Crippen molar-refractivity contribution in [3.63, 3.8) is 0 Å². The lowest BCUT2D eigenvalue weighted by Crippen LogP contribution is -2.45. The van der Waals surface area contributed by atoms with Crippen molar-refractivity contribution in [3.05, 3.63) is 35.9 Å². The topological polar surface area (TPSA) is 40.6 Å². The van der Waals surface area contributed by atoms with E-state index < -0.39 is 0 Å². The van der Waals surface area contributed by atoms with Crippen molar-refractivity contribution < 1.29 is 9.59 Å². The predicted molar refractivity (Wildman–Crippen MR) is 115 cm³/mol. The van der Waals surface area contributed by atoms with Crippen LogP contribution in [0.5, 0.6) is 0 Å². The van der Waals surface area contributed by atoms with E-state index in [1.807, 2.05) is 6.07 Å². The summed E-state index contributed by atoms with van der Waals surface area (Å²) in [5.74, 6) is 1.65. The number of rotatable bonds is 5. The van der Waals surface area contributed by atoms with Gasteiger partial charge in [-0.1, -0.05) is 49.6 Å². The van der Waals surface area contributed by atoms with E-state index >= 15 is 0 Å². The molecule has 3 fully saturated rings. The van der Waals surface area contributed by atoms with Crippen molar-refractivity contribution in [1.29, 1.82) is 0 Å². The largest absolute Gasteiger partial charge is 0.342 e. The molecule has 29 heavy (non-hydrogen) atoms. The van der Waals surface area contributed by atoms with Crippen LogP contribution < -0.4 is 0 Å². The molecule has 2 saturated heterocycles. The number of carbonyl (C=O) groups excluding carboxylic acids is 2. The number of hydrogen-bond acceptors (Lipinski definition) is 2. The molecule has 2 heterocycles. The first-order valence-corrected chi connectivity index (χ1v) is 11.8. The zero-order valence-electron chi connectivity index (χ0n) is 17.7. The van der Waals surface area contributed by atoms with Gasteiger partial charge in [-0.25, -0.2) is 0 Å². The summed E-state index contributed by atoms with van der Waals surface area (Å²) < 4.78 is 0. The van der Waals surface area contributed by atoms with Gasteiger partial charge in [-0.3, -0.25) is 9.59 Å². The second kappa shape index (κ2) is 9.77. The second-order valence-corrected chi connectivity index (χ2v) is 9.31. The fourth-order valence-corrected chi connectivity index (χ4v) is 5.66. The maximum atomic E-state index is 13.3. The molecule has 2 aliphatic heterocycles. The number of amides is 2. The molecule has 0 aromatic heterocycles. The summed E-state index contributed by atoms with van der Waals surface area (Å²) >= 11 is 0. The molecule has 1 atom stereocenters. The minimum atomic E-state index is 0.164. The van der Waals surface area contributed by atoms with Gasteiger partial charge >= 0.3 is 0 Å². The molecule has 0 spiro atoms. The zero-order valence-corrected chi connectivity index (χ0v) is 17.7. The lowest BCUT2D eigenvalue weighted by atomic mass is 9.81. The third-order valence-corrected chi connectivity index (χ3v) is 7.46. The summed E-state index contributed by atoms with van der Waals surface area (Å²) in [5.41, 5.74) is 1.31. The molecule has 1 unspecified atom stereocenters. The predicted octanol–water partition coefficient (Wildman–Crippen LogP) is 4.29. The molecule has 1 aromatic rings. The van der Waals surface area contributed by atoms with Gasteiger partial charge in [0, 0.05) is 38.0 Å². The lowest BCUT2D eigenvalue weighted by Gasteiger charge is -2.37. The van der Waals surface area contributed by atoms with Crippen molar-refractivity contribution in [2.45, 2.75) is 64.2 Å². The number of nitrogens with zero attached hydrogens (tertiary/aromatic N) is 2. The van der Waals surface area contributed by atoms with Gasteiger partial charge in [-0.15, -0.1) is 0 Å². The summed E-state index contributed by atoms with van der Waals surface area (Å²) in [6, 6.07) is 10.5. The molecular weight excluding hydrogens is 360 g/mol. The summed E-state index contributed by atoms with van der Waals surface area (Å²) in [5, 5.41) is 0. The summed E-state index contributed by atoms with van der Waals surface area (Å²) in [7, 11) is 0. The Morgan fingerprint density at radius 2 is 1.55 bits per heavy atom. The van der Waals surface area contributed by atoms with Gasteiger partial charge in [-0.05, 0) is 56.4 Å². The van der Waals surface area contributed by atoms with Crippen molar-refractivity contribution >= 4 is 11.8 Å². The lowest BCUT2D eigenvalue weighted by molar-refractivity contribution is -0.139. The highest BCUT2D eigenvalue weighted by Gasteiger charge is 2.37. The van der Waals surface area contributed by atoms with Gasteiger partial charge in [0.15, 0.2) is 0 Å². The zero-order chi connectivity index (χ0) is 20.1. The van der Waals surface area contributed by atoms with Gasteiger partial charge in [0.25, 0.3) is 0 Å². The number of likely N-dealkylation sites (tertiary alicyclic amines) is 2. The molecule has 0 bridgehead atoms. The normalized spacial score (nSPS) is 24.7. The Labute approximate surface area is 175 Å². The molecule has 0 radical (unpaired) electrons. The van der Waals surface area contributed by atoms with E-state index in [0.29, 0.717) is 17.7 Å². The minimum absolute atomic E-state index is 0.164. The van der Waals surface area contributed by atoms with Gasteiger partial charge < -0.3 is 9.80 Å². The molecule has 158 valence electrons. The second-order valence-electron chi connectivity index (χ2n) is 9.31. The van der Waals surface area contributed by atoms with E-state index in [0.717, 1.165) is 77.5 Å². The van der Waals surface area contributed by atoms with Crippen molar-refractivity contribution in [2.75, 3.05) is 26.2 Å². The molecule has 3 aliphatic rings. The number of benzene rings is 1. The van der Waals surface area contributed by atoms with Crippen molar-refractivity contribution in [3.8, 4) is 0 Å². The average Bonchev–Trinajstić information content (AvgIpc) is 3.24. The van der Waals surface area contributed by atoms with Crippen LogP contribution in [0.15, 0.2) is 30.3 Å². The molecule has 4 rings (SSSR count). The van der Waals surface area contributed by atoms with Gasteiger partial charge in [0.05, 0.1) is 0 Å². The molecule has 1 aliphatic carbocycles. The molecule has 4 heteroatoms. The highest BCUT2D eigenvalue weighted by atomic mass is 16.2. The first kappa shape index (κ1) is 20.4. The highest BCUT2D eigenvalue weighted by molar-refractivity contribution is 5.80. The molecule has 1 aromatic carbocycles. The molecular formula is C25H36N2O2. The number of piperidine rings is 1. The Morgan fingerprint density at radius 1 is 0.862 bits per heavy atom. The number of carbonyl (C=O) groups is 2. The summed E-state index contributed by atoms with van der Waals surface area (Å²) in [6.07, 6.45) is 10.8. The fraction of sp³-hybridized carbons (Fsp3) is 0.680. The third-order valence-electron chi connectivity index (χ3n) is 7.46. The quantitative estimate of drug-likeness (QED) is 0.745. The fourth-order valence-electron chi connectivity index (χ4n) is 5.66. The van der Waals surface area contributed by atoms with E-state index in [1.54, 1.807) is 0 Å².